The lowest BCUT2D eigenvalue weighted by Crippen LogP contribution is -2.36. The molecule has 0 saturated carbocycles. The molecule has 1 heterocycles. The molecule has 0 aliphatic carbocycles. The number of rotatable bonds is 4. The van der Waals surface area contributed by atoms with Crippen molar-refractivity contribution < 1.29 is 9.53 Å². The van der Waals surface area contributed by atoms with Gasteiger partial charge in [-0.15, -0.1) is 0 Å². The number of nitrogens with zero attached hydrogens (tertiary/aromatic N) is 1. The van der Waals surface area contributed by atoms with Gasteiger partial charge in [0.25, 0.3) is 0 Å². The summed E-state index contributed by atoms with van der Waals surface area (Å²) in [6.07, 6.45) is 1.44. The fourth-order valence-corrected chi connectivity index (χ4v) is 2.05. The van der Waals surface area contributed by atoms with Gasteiger partial charge in [0.05, 0.1) is 13.2 Å². The Bertz CT molecular complexity index is 401. The van der Waals surface area contributed by atoms with Crippen LogP contribution in [-0.4, -0.2) is 32.2 Å². The van der Waals surface area contributed by atoms with Gasteiger partial charge >= 0.3 is 0 Å². The molecule has 0 bridgehead atoms. The van der Waals surface area contributed by atoms with Crippen LogP contribution in [0.3, 0.4) is 0 Å². The zero-order valence-corrected chi connectivity index (χ0v) is 10.8. The number of anilines is 2. The second kappa shape index (κ2) is 6.40. The van der Waals surface area contributed by atoms with Crippen molar-refractivity contribution in [1.82, 2.24) is 0 Å². The molecule has 4 nitrogen and oxygen atoms in total. The molecule has 4 heteroatoms. The quantitative estimate of drug-likeness (QED) is 0.888. The normalized spacial score (nSPS) is 15.5. The van der Waals surface area contributed by atoms with Crippen LogP contribution in [-0.2, 0) is 9.53 Å². The summed E-state index contributed by atoms with van der Waals surface area (Å²) in [5, 5.41) is 2.93. The number of hydrogen-bond acceptors (Lipinski definition) is 3. The predicted molar refractivity (Wildman–Crippen MR) is 73.0 cm³/mol. The maximum Gasteiger partial charge on any atom is 0.224 e. The molecule has 1 saturated heterocycles. The highest BCUT2D eigenvalue weighted by atomic mass is 16.5. The lowest BCUT2D eigenvalue weighted by molar-refractivity contribution is -0.116. The molecule has 18 heavy (non-hydrogen) atoms. The number of carbonyl (C=O) groups is 1. The molecule has 0 radical (unpaired) electrons. The summed E-state index contributed by atoms with van der Waals surface area (Å²) in [5.74, 6) is 0.0802. The smallest absolute Gasteiger partial charge is 0.224 e. The summed E-state index contributed by atoms with van der Waals surface area (Å²) in [7, 11) is 0. The van der Waals surface area contributed by atoms with E-state index in [1.54, 1.807) is 0 Å². The Morgan fingerprint density at radius 1 is 1.39 bits per heavy atom. The fourth-order valence-electron chi connectivity index (χ4n) is 2.05. The third kappa shape index (κ3) is 3.47. The van der Waals surface area contributed by atoms with Gasteiger partial charge in [0.2, 0.25) is 5.91 Å². The van der Waals surface area contributed by atoms with Gasteiger partial charge < -0.3 is 15.0 Å². The van der Waals surface area contributed by atoms with Crippen molar-refractivity contribution >= 4 is 17.3 Å². The first-order valence-electron chi connectivity index (χ1n) is 6.52. The molecule has 0 atom stereocenters. The summed E-state index contributed by atoms with van der Waals surface area (Å²) in [5.41, 5.74) is 2.02. The average molecular weight is 248 g/mol. The molecular formula is C14H20N2O2. The summed E-state index contributed by atoms with van der Waals surface area (Å²) in [6, 6.07) is 8.00. The molecule has 98 valence electrons. The van der Waals surface area contributed by atoms with Gasteiger partial charge in [0.1, 0.15) is 0 Å². The van der Waals surface area contributed by atoms with E-state index in [4.69, 9.17) is 4.74 Å². The molecule has 0 aromatic heterocycles. The SMILES string of the molecule is CCCC(=O)Nc1cccc(N2CCOCC2)c1. The molecule has 2 rings (SSSR count). The van der Waals surface area contributed by atoms with E-state index in [1.807, 2.05) is 25.1 Å². The van der Waals surface area contributed by atoms with E-state index in [2.05, 4.69) is 16.3 Å². The number of ether oxygens (including phenoxy) is 1. The van der Waals surface area contributed by atoms with Crippen LogP contribution >= 0.6 is 0 Å². The number of hydrogen-bond donors (Lipinski definition) is 1. The van der Waals surface area contributed by atoms with E-state index in [0.717, 1.165) is 44.1 Å². The number of nitrogens with one attached hydrogen (secondary N) is 1. The standard InChI is InChI=1S/C14H20N2O2/c1-2-4-14(17)15-12-5-3-6-13(11-12)16-7-9-18-10-8-16/h3,5-6,11H,2,4,7-10H2,1H3,(H,15,17). The number of carbonyl (C=O) groups excluding carboxylic acids is 1. The Labute approximate surface area is 108 Å². The van der Waals surface area contributed by atoms with Gasteiger partial charge in [0, 0.05) is 30.9 Å². The average Bonchev–Trinajstić information content (AvgIpc) is 2.40. The van der Waals surface area contributed by atoms with E-state index in [9.17, 15) is 4.79 Å². The number of amides is 1. The molecule has 1 aromatic carbocycles. The minimum Gasteiger partial charge on any atom is -0.378 e. The Morgan fingerprint density at radius 2 is 2.17 bits per heavy atom. The van der Waals surface area contributed by atoms with Gasteiger partial charge in [-0.3, -0.25) is 4.79 Å². The van der Waals surface area contributed by atoms with Crippen molar-refractivity contribution in [2.45, 2.75) is 19.8 Å². The molecule has 1 N–H and O–H groups in total. The third-order valence-electron chi connectivity index (χ3n) is 2.98. The number of benzene rings is 1. The van der Waals surface area contributed by atoms with E-state index in [1.165, 1.54) is 0 Å². The zero-order valence-electron chi connectivity index (χ0n) is 10.8. The monoisotopic (exact) mass is 248 g/mol. The van der Waals surface area contributed by atoms with Crippen molar-refractivity contribution in [3.8, 4) is 0 Å². The first kappa shape index (κ1) is 12.9. The number of morpholine rings is 1. The minimum atomic E-state index is 0.0802. The lowest BCUT2D eigenvalue weighted by atomic mass is 10.2. The fraction of sp³-hybridized carbons (Fsp3) is 0.500. The van der Waals surface area contributed by atoms with Gasteiger partial charge in [-0.2, -0.15) is 0 Å². The topological polar surface area (TPSA) is 41.6 Å². The van der Waals surface area contributed by atoms with Crippen molar-refractivity contribution in [1.29, 1.82) is 0 Å². The summed E-state index contributed by atoms with van der Waals surface area (Å²) >= 11 is 0. The van der Waals surface area contributed by atoms with Crippen molar-refractivity contribution in [2.24, 2.45) is 0 Å². The van der Waals surface area contributed by atoms with Gasteiger partial charge in [-0.05, 0) is 24.6 Å². The van der Waals surface area contributed by atoms with Crippen LogP contribution < -0.4 is 10.2 Å². The van der Waals surface area contributed by atoms with Crippen molar-refractivity contribution in [3.63, 3.8) is 0 Å². The molecule has 1 aliphatic heterocycles. The van der Waals surface area contributed by atoms with Crippen LogP contribution in [0.5, 0.6) is 0 Å². The summed E-state index contributed by atoms with van der Waals surface area (Å²) < 4.78 is 5.34. The maximum absolute atomic E-state index is 11.6. The second-order valence-corrected chi connectivity index (χ2v) is 4.45. The third-order valence-corrected chi connectivity index (χ3v) is 2.98. The summed E-state index contributed by atoms with van der Waals surface area (Å²) in [6.45, 7) is 5.36. The molecular weight excluding hydrogens is 228 g/mol. The Morgan fingerprint density at radius 3 is 2.89 bits per heavy atom. The van der Waals surface area contributed by atoms with Crippen LogP contribution in [0.15, 0.2) is 24.3 Å². The lowest BCUT2D eigenvalue weighted by Gasteiger charge is -2.29. The van der Waals surface area contributed by atoms with Crippen LogP contribution in [0, 0.1) is 0 Å². The molecule has 0 spiro atoms. The molecule has 1 aliphatic rings. The van der Waals surface area contributed by atoms with Crippen molar-refractivity contribution in [2.75, 3.05) is 36.5 Å². The Kier molecular flexibility index (Phi) is 4.59. The molecule has 1 fully saturated rings. The highest BCUT2D eigenvalue weighted by Gasteiger charge is 2.11. The van der Waals surface area contributed by atoms with Crippen LogP contribution in [0.4, 0.5) is 11.4 Å². The second-order valence-electron chi connectivity index (χ2n) is 4.45. The maximum atomic E-state index is 11.6. The van der Waals surface area contributed by atoms with Crippen LogP contribution in [0.2, 0.25) is 0 Å². The molecule has 1 aromatic rings. The minimum absolute atomic E-state index is 0.0802. The Balaban J connectivity index is 2.02. The highest BCUT2D eigenvalue weighted by Crippen LogP contribution is 2.20. The highest BCUT2D eigenvalue weighted by molar-refractivity contribution is 5.91. The molecule has 0 unspecified atom stereocenters. The Hall–Kier alpha value is -1.55. The van der Waals surface area contributed by atoms with E-state index >= 15 is 0 Å². The predicted octanol–water partition coefficient (Wildman–Crippen LogP) is 2.26. The van der Waals surface area contributed by atoms with E-state index < -0.39 is 0 Å². The van der Waals surface area contributed by atoms with Gasteiger partial charge in [0.15, 0.2) is 0 Å². The largest absolute Gasteiger partial charge is 0.378 e. The van der Waals surface area contributed by atoms with Gasteiger partial charge in [-0.25, -0.2) is 0 Å². The zero-order chi connectivity index (χ0) is 12.8. The molecule has 1 amide bonds. The van der Waals surface area contributed by atoms with E-state index in [0.29, 0.717) is 6.42 Å². The van der Waals surface area contributed by atoms with Crippen LogP contribution in [0.25, 0.3) is 0 Å². The van der Waals surface area contributed by atoms with Crippen LogP contribution in [0.1, 0.15) is 19.8 Å². The van der Waals surface area contributed by atoms with Gasteiger partial charge in [-0.1, -0.05) is 13.0 Å². The van der Waals surface area contributed by atoms with E-state index in [-0.39, 0.29) is 5.91 Å². The first-order valence-corrected chi connectivity index (χ1v) is 6.52. The first-order chi connectivity index (χ1) is 8.79. The van der Waals surface area contributed by atoms with Crippen molar-refractivity contribution in [3.05, 3.63) is 24.3 Å². The summed E-state index contributed by atoms with van der Waals surface area (Å²) in [4.78, 5) is 13.8.